The minimum absolute atomic E-state index is 0.398. The van der Waals surface area contributed by atoms with Crippen molar-refractivity contribution in [1.82, 2.24) is 4.31 Å². The van der Waals surface area contributed by atoms with Crippen molar-refractivity contribution in [3.8, 4) is 0 Å². The van der Waals surface area contributed by atoms with Crippen molar-refractivity contribution in [1.29, 1.82) is 0 Å². The molecule has 2 heterocycles. The van der Waals surface area contributed by atoms with Crippen molar-refractivity contribution in [2.45, 2.75) is 24.6 Å². The van der Waals surface area contributed by atoms with Crippen LogP contribution in [0.1, 0.15) is 17.4 Å². The molecule has 3 nitrogen and oxygen atoms in total. The summed E-state index contributed by atoms with van der Waals surface area (Å²) in [6, 6.07) is 5.62. The predicted octanol–water partition coefficient (Wildman–Crippen LogP) is 4.09. The summed E-state index contributed by atoms with van der Waals surface area (Å²) in [5.74, 6) is 0. The highest BCUT2D eigenvalue weighted by Gasteiger charge is 2.26. The van der Waals surface area contributed by atoms with Gasteiger partial charge in [-0.1, -0.05) is 13.0 Å². The van der Waals surface area contributed by atoms with Crippen LogP contribution < -0.4 is 0 Å². The minimum atomic E-state index is -3.40. The molecule has 0 radical (unpaired) electrons. The third-order valence-electron chi connectivity index (χ3n) is 2.69. The van der Waals surface area contributed by atoms with Crippen molar-refractivity contribution in [2.24, 2.45) is 0 Å². The van der Waals surface area contributed by atoms with E-state index in [1.165, 1.54) is 15.6 Å². The molecule has 2 aromatic heterocycles. The quantitative estimate of drug-likeness (QED) is 0.784. The first-order valence-electron chi connectivity index (χ1n) is 5.73. The molecule has 0 bridgehead atoms. The Balaban J connectivity index is 2.30. The van der Waals surface area contributed by atoms with Crippen LogP contribution in [0, 0.1) is 6.92 Å². The third-order valence-corrected chi connectivity index (χ3v) is 8.06. The number of sulfonamides is 1. The molecule has 19 heavy (non-hydrogen) atoms. The Bertz CT molecular complexity index is 627. The zero-order valence-corrected chi connectivity index (χ0v) is 14.6. The Kier molecular flexibility index (Phi) is 4.84. The lowest BCUT2D eigenvalue weighted by molar-refractivity contribution is 0.428. The monoisotopic (exact) mass is 379 g/mol. The summed E-state index contributed by atoms with van der Waals surface area (Å²) in [6.45, 7) is 4.66. The second-order valence-corrected chi connectivity index (χ2v) is 9.60. The molecule has 0 saturated carbocycles. The maximum atomic E-state index is 12.6. The van der Waals surface area contributed by atoms with Gasteiger partial charge in [-0.3, -0.25) is 0 Å². The average Bonchev–Trinajstić information content (AvgIpc) is 2.97. The summed E-state index contributed by atoms with van der Waals surface area (Å²) in [5, 5.41) is 1.96. The fourth-order valence-corrected chi connectivity index (χ4v) is 6.24. The summed E-state index contributed by atoms with van der Waals surface area (Å²) in [5.41, 5.74) is 0.954. The van der Waals surface area contributed by atoms with E-state index in [0.717, 1.165) is 14.2 Å². The standard InChI is InChI=1S/C12H14BrNO2S3/c1-3-14(8-10-5-4-6-17-10)19(15,16)11-7-9(2)12(13)18-11/h4-7H,3,8H2,1-2H3. The van der Waals surface area contributed by atoms with Crippen molar-refractivity contribution in [2.75, 3.05) is 6.54 Å². The van der Waals surface area contributed by atoms with E-state index in [-0.39, 0.29) is 0 Å². The van der Waals surface area contributed by atoms with Crippen LogP contribution in [0.25, 0.3) is 0 Å². The van der Waals surface area contributed by atoms with Crippen molar-refractivity contribution >= 4 is 48.6 Å². The maximum Gasteiger partial charge on any atom is 0.252 e. The first-order chi connectivity index (χ1) is 8.95. The van der Waals surface area contributed by atoms with Gasteiger partial charge in [0.2, 0.25) is 0 Å². The van der Waals surface area contributed by atoms with Gasteiger partial charge in [-0.05, 0) is 45.9 Å². The fourth-order valence-electron chi connectivity index (χ4n) is 1.63. The van der Waals surface area contributed by atoms with Gasteiger partial charge in [0.15, 0.2) is 0 Å². The van der Waals surface area contributed by atoms with Crippen molar-refractivity contribution in [3.05, 3.63) is 37.8 Å². The highest BCUT2D eigenvalue weighted by Crippen LogP contribution is 2.32. The molecule has 0 saturated heterocycles. The van der Waals surface area contributed by atoms with Gasteiger partial charge in [0, 0.05) is 18.0 Å². The third kappa shape index (κ3) is 3.28. The number of hydrogen-bond donors (Lipinski definition) is 0. The van der Waals surface area contributed by atoms with Crippen molar-refractivity contribution in [3.63, 3.8) is 0 Å². The number of aryl methyl sites for hydroxylation is 1. The van der Waals surface area contributed by atoms with Gasteiger partial charge in [0.05, 0.1) is 3.79 Å². The van der Waals surface area contributed by atoms with E-state index in [1.54, 1.807) is 17.4 Å². The second-order valence-electron chi connectivity index (χ2n) is 4.03. The fraction of sp³-hybridized carbons (Fsp3) is 0.333. The molecule has 7 heteroatoms. The molecular formula is C12H14BrNO2S3. The molecular weight excluding hydrogens is 366 g/mol. The molecule has 2 aromatic rings. The van der Waals surface area contributed by atoms with Crippen LogP contribution in [0.3, 0.4) is 0 Å². The van der Waals surface area contributed by atoms with E-state index in [2.05, 4.69) is 15.9 Å². The molecule has 0 aliphatic heterocycles. The van der Waals surface area contributed by atoms with E-state index >= 15 is 0 Å². The molecule has 0 aliphatic carbocycles. The first-order valence-corrected chi connectivity index (χ1v) is 9.66. The van der Waals surface area contributed by atoms with Crippen LogP contribution in [0.15, 0.2) is 31.6 Å². The smallest absolute Gasteiger partial charge is 0.206 e. The Morgan fingerprint density at radius 3 is 2.63 bits per heavy atom. The summed E-state index contributed by atoms with van der Waals surface area (Å²) >= 11 is 6.22. The molecule has 0 spiro atoms. The van der Waals surface area contributed by atoms with Crippen LogP contribution in [-0.2, 0) is 16.6 Å². The van der Waals surface area contributed by atoms with E-state index in [9.17, 15) is 8.42 Å². The van der Waals surface area contributed by atoms with E-state index < -0.39 is 10.0 Å². The zero-order chi connectivity index (χ0) is 14.0. The van der Waals surface area contributed by atoms with Gasteiger partial charge < -0.3 is 0 Å². The van der Waals surface area contributed by atoms with Gasteiger partial charge in [-0.25, -0.2) is 8.42 Å². The number of rotatable bonds is 5. The molecule has 0 aliphatic rings. The van der Waals surface area contributed by atoms with E-state index in [0.29, 0.717) is 17.3 Å². The van der Waals surface area contributed by atoms with Crippen LogP contribution in [0.4, 0.5) is 0 Å². The highest BCUT2D eigenvalue weighted by atomic mass is 79.9. The largest absolute Gasteiger partial charge is 0.252 e. The maximum absolute atomic E-state index is 12.6. The lowest BCUT2D eigenvalue weighted by Crippen LogP contribution is -2.29. The second kappa shape index (κ2) is 6.05. The van der Waals surface area contributed by atoms with Crippen LogP contribution in [0.5, 0.6) is 0 Å². The number of thiophene rings is 2. The molecule has 0 unspecified atom stereocenters. The summed E-state index contributed by atoms with van der Waals surface area (Å²) in [6.07, 6.45) is 0. The molecule has 2 rings (SSSR count). The predicted molar refractivity (Wildman–Crippen MR) is 84.3 cm³/mol. The Hall–Kier alpha value is -0.210. The van der Waals surface area contributed by atoms with Gasteiger partial charge in [-0.15, -0.1) is 22.7 Å². The van der Waals surface area contributed by atoms with Gasteiger partial charge in [0.1, 0.15) is 4.21 Å². The SMILES string of the molecule is CCN(Cc1cccs1)S(=O)(=O)c1cc(C)c(Br)s1. The van der Waals surface area contributed by atoms with Gasteiger partial charge >= 0.3 is 0 Å². The van der Waals surface area contributed by atoms with Gasteiger partial charge in [-0.2, -0.15) is 4.31 Å². The lowest BCUT2D eigenvalue weighted by Gasteiger charge is -2.18. The number of halogens is 1. The zero-order valence-electron chi connectivity index (χ0n) is 10.6. The van der Waals surface area contributed by atoms with E-state index in [1.807, 2.05) is 31.4 Å². The highest BCUT2D eigenvalue weighted by molar-refractivity contribution is 9.11. The van der Waals surface area contributed by atoms with Crippen LogP contribution in [0.2, 0.25) is 0 Å². The Morgan fingerprint density at radius 2 is 2.16 bits per heavy atom. The van der Waals surface area contributed by atoms with Crippen LogP contribution >= 0.6 is 38.6 Å². The Labute approximate surface area is 130 Å². The summed E-state index contributed by atoms with van der Waals surface area (Å²) < 4.78 is 27.9. The molecule has 0 N–H and O–H groups in total. The average molecular weight is 380 g/mol. The molecule has 0 atom stereocenters. The molecule has 0 fully saturated rings. The van der Waals surface area contributed by atoms with Gasteiger partial charge in [0.25, 0.3) is 10.0 Å². The van der Waals surface area contributed by atoms with E-state index in [4.69, 9.17) is 0 Å². The normalized spacial score (nSPS) is 12.2. The minimum Gasteiger partial charge on any atom is -0.206 e. The summed E-state index contributed by atoms with van der Waals surface area (Å²) in [7, 11) is -3.40. The number of nitrogens with zero attached hydrogens (tertiary/aromatic N) is 1. The molecule has 0 amide bonds. The van der Waals surface area contributed by atoms with Crippen molar-refractivity contribution < 1.29 is 8.42 Å². The first kappa shape index (κ1) is 15.2. The lowest BCUT2D eigenvalue weighted by atomic mass is 10.4. The molecule has 0 aromatic carbocycles. The van der Waals surface area contributed by atoms with Crippen LogP contribution in [-0.4, -0.2) is 19.3 Å². The summed E-state index contributed by atoms with van der Waals surface area (Å²) in [4.78, 5) is 1.05. The Morgan fingerprint density at radius 1 is 1.42 bits per heavy atom. The topological polar surface area (TPSA) is 37.4 Å². The number of hydrogen-bond acceptors (Lipinski definition) is 4. The molecule has 104 valence electrons.